The monoisotopic (exact) mass is 391 g/mol. The molecule has 1 saturated heterocycles. The van der Waals surface area contributed by atoms with Crippen molar-refractivity contribution in [1.29, 1.82) is 0 Å². The fourth-order valence-corrected chi connectivity index (χ4v) is 3.08. The molecule has 3 rings (SSSR count). The molecule has 150 valence electrons. The van der Waals surface area contributed by atoms with Gasteiger partial charge in [-0.05, 0) is 37.6 Å². The van der Waals surface area contributed by atoms with Gasteiger partial charge in [0.15, 0.2) is 0 Å². The Kier molecular flexibility index (Phi) is 5.93. The van der Waals surface area contributed by atoms with Crippen molar-refractivity contribution < 1.29 is 18.7 Å². The van der Waals surface area contributed by atoms with Crippen LogP contribution in [0.1, 0.15) is 11.3 Å². The molecule has 0 radical (unpaired) electrons. The summed E-state index contributed by atoms with van der Waals surface area (Å²) in [5.41, 5.74) is 4.91. The zero-order valence-electron chi connectivity index (χ0n) is 16.0. The van der Waals surface area contributed by atoms with Crippen molar-refractivity contribution in [3.05, 3.63) is 47.2 Å². The second-order valence-electron chi connectivity index (χ2n) is 6.57. The van der Waals surface area contributed by atoms with E-state index in [-0.39, 0.29) is 5.96 Å². The van der Waals surface area contributed by atoms with E-state index in [2.05, 4.69) is 15.5 Å². The number of benzene rings is 1. The van der Waals surface area contributed by atoms with Gasteiger partial charge in [-0.1, -0.05) is 0 Å². The summed E-state index contributed by atoms with van der Waals surface area (Å²) in [5.74, 6) is -0.588. The van der Waals surface area contributed by atoms with Gasteiger partial charge in [0.25, 0.3) is 0 Å². The maximum atomic E-state index is 13.5. The predicted octanol–water partition coefficient (Wildman–Crippen LogP) is 2.77. The molecular formula is C19H23F2N5O2. The summed E-state index contributed by atoms with van der Waals surface area (Å²) in [5, 5.41) is 9.59. The number of aromatic nitrogens is 1. The van der Waals surface area contributed by atoms with E-state index in [1.165, 1.54) is 19.2 Å². The van der Waals surface area contributed by atoms with Crippen LogP contribution < -0.4 is 15.1 Å². The Morgan fingerprint density at radius 2 is 1.75 bits per heavy atom. The zero-order chi connectivity index (χ0) is 20.3. The van der Waals surface area contributed by atoms with Crippen molar-refractivity contribution in [3.63, 3.8) is 0 Å². The predicted molar refractivity (Wildman–Crippen MR) is 102 cm³/mol. The number of ether oxygens (including phenoxy) is 1. The molecule has 0 amide bonds. The zero-order valence-corrected chi connectivity index (χ0v) is 16.0. The highest BCUT2D eigenvalue weighted by atomic mass is 19.1. The summed E-state index contributed by atoms with van der Waals surface area (Å²) in [6.07, 6.45) is 0. The van der Waals surface area contributed by atoms with Gasteiger partial charge >= 0.3 is 0 Å². The van der Waals surface area contributed by atoms with E-state index in [4.69, 9.17) is 4.74 Å². The third-order valence-corrected chi connectivity index (χ3v) is 4.72. The molecule has 1 aromatic heterocycles. The molecule has 0 atom stereocenters. The second-order valence-corrected chi connectivity index (χ2v) is 6.57. The van der Waals surface area contributed by atoms with E-state index < -0.39 is 11.6 Å². The number of anilines is 1. The quantitative estimate of drug-likeness (QED) is 0.476. The van der Waals surface area contributed by atoms with Gasteiger partial charge in [-0.2, -0.15) is 0 Å². The van der Waals surface area contributed by atoms with Crippen molar-refractivity contribution in [2.75, 3.05) is 38.2 Å². The Morgan fingerprint density at radius 3 is 2.32 bits per heavy atom. The fourth-order valence-electron chi connectivity index (χ4n) is 3.08. The fraction of sp³-hybridized carbons (Fsp3) is 0.368. The normalized spacial score (nSPS) is 15.0. The Morgan fingerprint density at radius 1 is 1.11 bits per heavy atom. The minimum Gasteiger partial charge on any atom is -0.479 e. The number of nitrogens with one attached hydrogen (secondary N) is 1. The van der Waals surface area contributed by atoms with E-state index in [1.807, 2.05) is 29.7 Å². The van der Waals surface area contributed by atoms with Gasteiger partial charge in [0.05, 0.1) is 7.11 Å². The maximum Gasteiger partial charge on any atom is 0.240 e. The van der Waals surface area contributed by atoms with Gasteiger partial charge in [-0.25, -0.2) is 24.2 Å². The first-order chi connectivity index (χ1) is 13.4. The van der Waals surface area contributed by atoms with Gasteiger partial charge in [-0.3, -0.25) is 5.21 Å². The first-order valence-electron chi connectivity index (χ1n) is 8.88. The maximum absolute atomic E-state index is 13.5. The topological polar surface area (TPSA) is 73.2 Å². The number of nitrogens with zero attached hydrogens (tertiary/aromatic N) is 4. The Labute approximate surface area is 162 Å². The lowest BCUT2D eigenvalue weighted by Crippen LogP contribution is -2.52. The van der Waals surface area contributed by atoms with E-state index in [9.17, 15) is 14.0 Å². The highest BCUT2D eigenvalue weighted by Gasteiger charge is 2.21. The number of guanidine groups is 1. The first-order valence-corrected chi connectivity index (χ1v) is 8.88. The van der Waals surface area contributed by atoms with E-state index in [0.717, 1.165) is 17.3 Å². The van der Waals surface area contributed by atoms with Gasteiger partial charge in [0.1, 0.15) is 17.3 Å². The Bertz CT molecular complexity index is 863. The second kappa shape index (κ2) is 8.39. The van der Waals surface area contributed by atoms with Gasteiger partial charge in [0.2, 0.25) is 11.8 Å². The lowest BCUT2D eigenvalue weighted by molar-refractivity contribution is 0.207. The molecule has 1 aliphatic rings. The number of hydrogen-bond acceptors (Lipinski definition) is 5. The smallest absolute Gasteiger partial charge is 0.240 e. The molecule has 2 aromatic rings. The Hall–Kier alpha value is -2.94. The molecule has 9 heteroatoms. The van der Waals surface area contributed by atoms with Crippen LogP contribution in [0.15, 0.2) is 29.3 Å². The molecule has 1 fully saturated rings. The molecule has 28 heavy (non-hydrogen) atoms. The molecule has 0 unspecified atom stereocenters. The summed E-state index contributed by atoms with van der Waals surface area (Å²) in [4.78, 5) is 12.5. The number of hydroxylamine groups is 1. The first kappa shape index (κ1) is 19.8. The van der Waals surface area contributed by atoms with Gasteiger partial charge in [0, 0.05) is 43.6 Å². The number of halogens is 2. The van der Waals surface area contributed by atoms with Crippen LogP contribution in [0.4, 0.5) is 20.2 Å². The van der Waals surface area contributed by atoms with Crippen molar-refractivity contribution in [1.82, 2.24) is 15.4 Å². The number of hydrogen-bond donors (Lipinski definition) is 2. The summed E-state index contributed by atoms with van der Waals surface area (Å²) in [6, 6.07) is 5.31. The number of aliphatic imine (C=N–C) groups is 1. The third-order valence-electron chi connectivity index (χ3n) is 4.72. The van der Waals surface area contributed by atoms with Crippen LogP contribution in [0, 0.1) is 25.5 Å². The highest BCUT2D eigenvalue weighted by Crippen LogP contribution is 2.28. The van der Waals surface area contributed by atoms with Crippen LogP contribution in [0.3, 0.4) is 0 Å². The van der Waals surface area contributed by atoms with Crippen LogP contribution in [0.2, 0.25) is 0 Å². The summed E-state index contributed by atoms with van der Waals surface area (Å²) >= 11 is 0. The van der Waals surface area contributed by atoms with Crippen LogP contribution >= 0.6 is 0 Å². The molecule has 2 N–H and O–H groups in total. The molecule has 7 nitrogen and oxygen atoms in total. The summed E-state index contributed by atoms with van der Waals surface area (Å²) < 4.78 is 32.2. The van der Waals surface area contributed by atoms with Crippen molar-refractivity contribution in [2.24, 2.45) is 4.99 Å². The lowest BCUT2D eigenvalue weighted by atomic mass is 10.2. The number of aryl methyl sites for hydroxylation is 2. The molecule has 0 spiro atoms. The molecular weight excluding hydrogens is 368 g/mol. The SMILES string of the molecule is COc1nc(C)c(C)cc1N=C(NO)N1CCN(c2cc(F)cc(F)c2)CC1. The molecule has 0 bridgehead atoms. The van der Waals surface area contributed by atoms with Crippen molar-refractivity contribution in [3.8, 4) is 5.88 Å². The highest BCUT2D eigenvalue weighted by molar-refractivity contribution is 5.82. The minimum absolute atomic E-state index is 0.258. The number of piperazine rings is 1. The number of rotatable bonds is 3. The molecule has 1 aromatic carbocycles. The van der Waals surface area contributed by atoms with Gasteiger partial charge in [-0.15, -0.1) is 0 Å². The third kappa shape index (κ3) is 4.30. The number of methoxy groups -OCH3 is 1. The van der Waals surface area contributed by atoms with E-state index in [1.54, 1.807) is 0 Å². The van der Waals surface area contributed by atoms with E-state index in [0.29, 0.717) is 43.4 Å². The molecule has 2 heterocycles. The van der Waals surface area contributed by atoms with Crippen LogP contribution in [0.5, 0.6) is 5.88 Å². The molecule has 0 aliphatic carbocycles. The summed E-state index contributed by atoms with van der Waals surface area (Å²) in [6.45, 7) is 5.85. The van der Waals surface area contributed by atoms with Crippen LogP contribution in [-0.2, 0) is 0 Å². The van der Waals surface area contributed by atoms with E-state index >= 15 is 0 Å². The average molecular weight is 391 g/mol. The lowest BCUT2D eigenvalue weighted by Gasteiger charge is -2.37. The van der Waals surface area contributed by atoms with Crippen LogP contribution in [0.25, 0.3) is 0 Å². The van der Waals surface area contributed by atoms with Gasteiger partial charge < -0.3 is 14.5 Å². The number of pyridine rings is 1. The largest absolute Gasteiger partial charge is 0.479 e. The summed E-state index contributed by atoms with van der Waals surface area (Å²) in [7, 11) is 1.51. The molecule has 0 saturated carbocycles. The van der Waals surface area contributed by atoms with Crippen molar-refractivity contribution in [2.45, 2.75) is 13.8 Å². The average Bonchev–Trinajstić information content (AvgIpc) is 2.68. The molecule has 1 aliphatic heterocycles. The van der Waals surface area contributed by atoms with Crippen molar-refractivity contribution >= 4 is 17.3 Å². The van der Waals surface area contributed by atoms with Crippen LogP contribution in [-0.4, -0.2) is 54.3 Å². The Balaban J connectivity index is 1.77. The minimum atomic E-state index is -0.606. The standard InChI is InChI=1S/C19H23F2N5O2/c1-12-8-17(18(28-3)22-13(12)2)23-19(24-27)26-6-4-25(5-7-26)16-10-14(20)9-15(21)11-16/h8-11,27H,4-7H2,1-3H3,(H,23,24).